The van der Waals surface area contributed by atoms with Gasteiger partial charge in [-0.05, 0) is 17.2 Å². The van der Waals surface area contributed by atoms with Crippen molar-refractivity contribution in [3.8, 4) is 12.1 Å². The molecule has 0 bridgehead atoms. The van der Waals surface area contributed by atoms with Gasteiger partial charge in [0.25, 0.3) is 0 Å². The van der Waals surface area contributed by atoms with E-state index < -0.39 is 17.7 Å². The topological polar surface area (TPSA) is 76.7 Å². The summed E-state index contributed by atoms with van der Waals surface area (Å²) in [7, 11) is 0. The van der Waals surface area contributed by atoms with Crippen molar-refractivity contribution < 1.29 is 4.79 Å². The van der Waals surface area contributed by atoms with Gasteiger partial charge in [0.1, 0.15) is 5.92 Å². The fourth-order valence-corrected chi connectivity index (χ4v) is 4.13. The third-order valence-corrected chi connectivity index (χ3v) is 5.57. The Morgan fingerprint density at radius 2 is 1.77 bits per heavy atom. The smallest absolute Gasteiger partial charge is 0.243 e. The van der Waals surface area contributed by atoms with Crippen molar-refractivity contribution in [2.24, 2.45) is 5.92 Å². The number of hydrogen-bond donors (Lipinski definition) is 1. The summed E-state index contributed by atoms with van der Waals surface area (Å²) in [6.45, 7) is 0. The van der Waals surface area contributed by atoms with Crippen molar-refractivity contribution in [1.29, 1.82) is 10.5 Å². The van der Waals surface area contributed by atoms with Gasteiger partial charge in [-0.15, -0.1) is 11.8 Å². The van der Waals surface area contributed by atoms with E-state index in [4.69, 9.17) is 11.6 Å². The quantitative estimate of drug-likeness (QED) is 0.856. The minimum Gasteiger partial charge on any atom is -0.319 e. The Hall–Kier alpha value is -2.73. The van der Waals surface area contributed by atoms with Gasteiger partial charge in [0.05, 0.1) is 22.7 Å². The number of rotatable bonds is 4. The van der Waals surface area contributed by atoms with Crippen LogP contribution in [0.1, 0.15) is 17.0 Å². The number of hydrogen-bond acceptors (Lipinski definition) is 4. The van der Waals surface area contributed by atoms with Crippen molar-refractivity contribution >= 4 is 29.3 Å². The Morgan fingerprint density at radius 1 is 1.08 bits per heavy atom. The molecule has 1 heterocycles. The van der Waals surface area contributed by atoms with Crippen LogP contribution in [0.5, 0.6) is 0 Å². The van der Waals surface area contributed by atoms with Gasteiger partial charge in [0.2, 0.25) is 5.91 Å². The first kappa shape index (κ1) is 18.1. The standard InChI is InChI=1S/C20H14ClN3OS/c21-17-9-5-4-8-14(17)18-15(10-22)19(25)24-20(16(18)11-23)26-12-13-6-2-1-3-7-13/h1-9,15,18H,12H2,(H,24,25)/t15-,18-/m0/s1. The average molecular weight is 380 g/mol. The minimum absolute atomic E-state index is 0.366. The number of benzene rings is 2. The number of carbonyl (C=O) groups excluding carboxylic acids is 1. The number of carbonyl (C=O) groups is 1. The summed E-state index contributed by atoms with van der Waals surface area (Å²) >= 11 is 7.67. The van der Waals surface area contributed by atoms with E-state index in [0.717, 1.165) is 5.56 Å². The first-order chi connectivity index (χ1) is 12.7. The van der Waals surface area contributed by atoms with Crippen LogP contribution in [0.15, 0.2) is 65.2 Å². The summed E-state index contributed by atoms with van der Waals surface area (Å²) in [4.78, 5) is 12.5. The Bertz CT molecular complexity index is 944. The number of nitrogens with one attached hydrogen (secondary N) is 1. The van der Waals surface area contributed by atoms with E-state index in [2.05, 4.69) is 11.4 Å². The van der Waals surface area contributed by atoms with E-state index in [0.29, 0.717) is 26.9 Å². The third kappa shape index (κ3) is 3.60. The highest BCUT2D eigenvalue weighted by Gasteiger charge is 2.40. The maximum Gasteiger partial charge on any atom is 0.243 e. The zero-order valence-electron chi connectivity index (χ0n) is 13.6. The molecule has 4 nitrogen and oxygen atoms in total. The first-order valence-electron chi connectivity index (χ1n) is 7.91. The molecule has 1 aliphatic rings. The summed E-state index contributed by atoms with van der Waals surface area (Å²) in [6, 6.07) is 21.0. The molecule has 1 aliphatic heterocycles. The molecule has 0 saturated heterocycles. The average Bonchev–Trinajstić information content (AvgIpc) is 2.67. The zero-order chi connectivity index (χ0) is 18.5. The Balaban J connectivity index is 2.01. The summed E-state index contributed by atoms with van der Waals surface area (Å²) in [5, 5.41) is 22.9. The van der Waals surface area contributed by atoms with Gasteiger partial charge in [-0.3, -0.25) is 4.79 Å². The molecule has 128 valence electrons. The number of nitrogens with zero attached hydrogens (tertiary/aromatic N) is 2. The summed E-state index contributed by atoms with van der Waals surface area (Å²) in [5.41, 5.74) is 2.06. The summed E-state index contributed by atoms with van der Waals surface area (Å²) in [5.74, 6) is -1.47. The lowest BCUT2D eigenvalue weighted by Gasteiger charge is -2.29. The van der Waals surface area contributed by atoms with Gasteiger partial charge in [0.15, 0.2) is 0 Å². The fraction of sp³-hybridized carbons (Fsp3) is 0.150. The molecule has 3 rings (SSSR count). The second-order valence-corrected chi connectivity index (χ2v) is 7.12. The maximum absolute atomic E-state index is 12.5. The van der Waals surface area contributed by atoms with Crippen LogP contribution in [0.4, 0.5) is 0 Å². The number of halogens is 1. The Labute approximate surface area is 161 Å². The van der Waals surface area contributed by atoms with E-state index >= 15 is 0 Å². The van der Waals surface area contributed by atoms with Crippen LogP contribution in [-0.2, 0) is 10.5 Å². The molecular weight excluding hydrogens is 366 g/mol. The number of allylic oxidation sites excluding steroid dienone is 1. The van der Waals surface area contributed by atoms with Crippen LogP contribution in [0, 0.1) is 28.6 Å². The van der Waals surface area contributed by atoms with Gasteiger partial charge in [-0.1, -0.05) is 60.1 Å². The lowest BCUT2D eigenvalue weighted by molar-refractivity contribution is -0.123. The lowest BCUT2D eigenvalue weighted by Crippen LogP contribution is -2.38. The lowest BCUT2D eigenvalue weighted by atomic mass is 9.79. The molecular formula is C20H14ClN3OS. The largest absolute Gasteiger partial charge is 0.319 e. The van der Waals surface area contributed by atoms with Crippen LogP contribution in [0.3, 0.4) is 0 Å². The molecule has 2 atom stereocenters. The highest BCUT2D eigenvalue weighted by Crippen LogP contribution is 2.42. The molecule has 0 saturated carbocycles. The number of nitriles is 2. The van der Waals surface area contributed by atoms with Gasteiger partial charge < -0.3 is 5.32 Å². The molecule has 2 aromatic carbocycles. The molecule has 1 amide bonds. The SMILES string of the molecule is N#CC1=C(SCc2ccccc2)NC(=O)[C@@H](C#N)[C@@H]1c1ccccc1Cl. The summed E-state index contributed by atoms with van der Waals surface area (Å²) in [6.07, 6.45) is 0. The van der Waals surface area contributed by atoms with E-state index in [9.17, 15) is 15.3 Å². The van der Waals surface area contributed by atoms with Crippen LogP contribution in [-0.4, -0.2) is 5.91 Å². The molecule has 0 aliphatic carbocycles. The van der Waals surface area contributed by atoms with Crippen molar-refractivity contribution in [2.75, 3.05) is 0 Å². The number of amides is 1. The highest BCUT2D eigenvalue weighted by atomic mass is 35.5. The van der Waals surface area contributed by atoms with Crippen LogP contribution >= 0.6 is 23.4 Å². The third-order valence-electron chi connectivity index (χ3n) is 4.13. The normalized spacial score (nSPS) is 19.4. The monoisotopic (exact) mass is 379 g/mol. The molecule has 0 unspecified atom stereocenters. The van der Waals surface area contributed by atoms with E-state index in [-0.39, 0.29) is 0 Å². The molecule has 0 fully saturated rings. The highest BCUT2D eigenvalue weighted by molar-refractivity contribution is 8.02. The Morgan fingerprint density at radius 3 is 2.42 bits per heavy atom. The molecule has 0 spiro atoms. The van der Waals surface area contributed by atoms with Gasteiger partial charge >= 0.3 is 0 Å². The maximum atomic E-state index is 12.5. The second-order valence-electron chi connectivity index (χ2n) is 5.72. The van der Waals surface area contributed by atoms with E-state index in [1.165, 1.54) is 11.8 Å². The van der Waals surface area contributed by atoms with E-state index in [1.54, 1.807) is 24.3 Å². The minimum atomic E-state index is -0.995. The predicted molar refractivity (Wildman–Crippen MR) is 102 cm³/mol. The van der Waals surface area contributed by atoms with Gasteiger partial charge in [0, 0.05) is 16.7 Å². The van der Waals surface area contributed by atoms with Gasteiger partial charge in [-0.2, -0.15) is 10.5 Å². The van der Waals surface area contributed by atoms with Crippen molar-refractivity contribution in [2.45, 2.75) is 11.7 Å². The zero-order valence-corrected chi connectivity index (χ0v) is 15.2. The second kappa shape index (κ2) is 8.10. The Kier molecular flexibility index (Phi) is 5.63. The molecule has 0 radical (unpaired) electrons. The molecule has 26 heavy (non-hydrogen) atoms. The van der Waals surface area contributed by atoms with Crippen molar-refractivity contribution in [1.82, 2.24) is 5.32 Å². The molecule has 0 aromatic heterocycles. The fourth-order valence-electron chi connectivity index (χ4n) is 2.88. The van der Waals surface area contributed by atoms with Gasteiger partial charge in [-0.25, -0.2) is 0 Å². The predicted octanol–water partition coefficient (Wildman–Crippen LogP) is 4.36. The summed E-state index contributed by atoms with van der Waals surface area (Å²) < 4.78 is 0. The molecule has 1 N–H and O–H groups in total. The van der Waals surface area contributed by atoms with Crippen molar-refractivity contribution in [3.05, 3.63) is 81.3 Å². The molecule has 6 heteroatoms. The first-order valence-corrected chi connectivity index (χ1v) is 9.28. The van der Waals surface area contributed by atoms with Crippen LogP contribution < -0.4 is 5.32 Å². The van der Waals surface area contributed by atoms with Crippen LogP contribution in [0.2, 0.25) is 5.02 Å². The van der Waals surface area contributed by atoms with E-state index in [1.807, 2.05) is 36.4 Å². The van der Waals surface area contributed by atoms with Crippen LogP contribution in [0.25, 0.3) is 0 Å². The van der Waals surface area contributed by atoms with Crippen molar-refractivity contribution in [3.63, 3.8) is 0 Å². The molecule has 2 aromatic rings. The number of thioether (sulfide) groups is 1.